The Morgan fingerprint density at radius 3 is 2.09 bits per heavy atom. The number of benzene rings is 2. The van der Waals surface area contributed by atoms with Gasteiger partial charge < -0.3 is 4.74 Å². The van der Waals surface area contributed by atoms with Crippen molar-refractivity contribution in [3.05, 3.63) is 53.6 Å². The second-order valence-corrected chi connectivity index (χ2v) is 9.41. The maximum Gasteiger partial charge on any atom is 0.422 e. The van der Waals surface area contributed by atoms with Crippen LogP contribution in [0.25, 0.3) is 11.1 Å². The molecule has 2 aromatic carbocycles. The maximum atomic E-state index is 14.2. The minimum absolute atomic E-state index is 0.271. The molecule has 0 spiro atoms. The SMILES string of the molecule is CCC1CCC2CC(c3ccc(-c4cc(F)c(OCC(F)(F)F)c(F)c4)cc3)CCC2C1. The largest absolute Gasteiger partial charge is 0.478 e. The predicted molar refractivity (Wildman–Crippen MR) is 115 cm³/mol. The minimum Gasteiger partial charge on any atom is -0.478 e. The number of halogens is 5. The fraction of sp³-hybridized carbons (Fsp3) is 0.538. The zero-order chi connectivity index (χ0) is 22.9. The summed E-state index contributed by atoms with van der Waals surface area (Å²) in [5.41, 5.74) is 2.13. The number of hydrogen-bond donors (Lipinski definition) is 0. The molecule has 2 aromatic rings. The summed E-state index contributed by atoms with van der Waals surface area (Å²) in [5.74, 6) is -0.244. The lowest BCUT2D eigenvalue weighted by Crippen LogP contribution is -2.30. The van der Waals surface area contributed by atoms with Gasteiger partial charge >= 0.3 is 6.18 Å². The van der Waals surface area contributed by atoms with Gasteiger partial charge in [0.1, 0.15) is 0 Å². The molecule has 0 aromatic heterocycles. The molecule has 0 aliphatic heterocycles. The van der Waals surface area contributed by atoms with E-state index in [4.69, 9.17) is 0 Å². The lowest BCUT2D eigenvalue weighted by atomic mass is 9.63. The molecule has 2 saturated carbocycles. The molecule has 0 radical (unpaired) electrons. The van der Waals surface area contributed by atoms with Crippen LogP contribution in [0.2, 0.25) is 0 Å². The first kappa shape index (κ1) is 23.1. The summed E-state index contributed by atoms with van der Waals surface area (Å²) >= 11 is 0. The highest BCUT2D eigenvalue weighted by Gasteiger charge is 2.35. The van der Waals surface area contributed by atoms with E-state index in [0.29, 0.717) is 11.5 Å². The van der Waals surface area contributed by atoms with Crippen molar-refractivity contribution >= 4 is 0 Å². The van der Waals surface area contributed by atoms with Gasteiger partial charge in [-0.3, -0.25) is 0 Å². The van der Waals surface area contributed by atoms with Crippen molar-refractivity contribution in [3.8, 4) is 16.9 Å². The average Bonchev–Trinajstić information content (AvgIpc) is 2.77. The molecule has 0 saturated heterocycles. The summed E-state index contributed by atoms with van der Waals surface area (Å²) in [6.07, 6.45) is 4.28. The van der Waals surface area contributed by atoms with Crippen LogP contribution in [0.3, 0.4) is 0 Å². The number of rotatable bonds is 5. The molecule has 1 nitrogen and oxygen atoms in total. The summed E-state index contributed by atoms with van der Waals surface area (Å²) < 4.78 is 69.6. The quantitative estimate of drug-likeness (QED) is 0.415. The highest BCUT2D eigenvalue weighted by molar-refractivity contribution is 5.65. The maximum absolute atomic E-state index is 14.2. The molecule has 0 N–H and O–H groups in total. The third-order valence-electron chi connectivity index (χ3n) is 7.39. The summed E-state index contributed by atoms with van der Waals surface area (Å²) in [7, 11) is 0. The van der Waals surface area contributed by atoms with Crippen LogP contribution in [0.5, 0.6) is 5.75 Å². The Labute approximate surface area is 186 Å². The lowest BCUT2D eigenvalue weighted by molar-refractivity contribution is -0.154. The van der Waals surface area contributed by atoms with Gasteiger partial charge in [0, 0.05) is 0 Å². The first-order chi connectivity index (χ1) is 15.2. The zero-order valence-corrected chi connectivity index (χ0v) is 18.2. The molecule has 32 heavy (non-hydrogen) atoms. The van der Waals surface area contributed by atoms with E-state index in [0.717, 1.165) is 29.9 Å². The third kappa shape index (κ3) is 5.26. The van der Waals surface area contributed by atoms with Gasteiger partial charge in [-0.05, 0) is 84.6 Å². The Bertz CT molecular complexity index is 898. The van der Waals surface area contributed by atoms with E-state index >= 15 is 0 Å². The monoisotopic (exact) mass is 452 g/mol. The predicted octanol–water partition coefficient (Wildman–Crippen LogP) is 8.28. The number of fused-ring (bicyclic) bond motifs is 1. The summed E-state index contributed by atoms with van der Waals surface area (Å²) in [6, 6.07) is 9.73. The molecule has 0 amide bonds. The molecule has 2 aliphatic rings. The molecule has 174 valence electrons. The molecular formula is C26H29F5O. The van der Waals surface area contributed by atoms with Crippen molar-refractivity contribution in [2.45, 2.75) is 64.0 Å². The Kier molecular flexibility index (Phi) is 6.78. The van der Waals surface area contributed by atoms with Gasteiger partial charge in [-0.25, -0.2) is 8.78 Å². The van der Waals surface area contributed by atoms with E-state index in [1.54, 1.807) is 0 Å². The Balaban J connectivity index is 1.44. The first-order valence-electron chi connectivity index (χ1n) is 11.5. The Hall–Kier alpha value is -2.11. The standard InChI is InChI=1S/C26H29F5O/c1-2-16-3-4-21-12-20(10-9-19(21)11-16)17-5-7-18(8-6-17)22-13-23(27)25(24(28)14-22)32-15-26(29,30)31/h5-8,13-14,16,19-21H,2-4,9-12,15H2,1H3. The smallest absolute Gasteiger partial charge is 0.422 e. The van der Waals surface area contributed by atoms with E-state index in [1.165, 1.54) is 50.5 Å². The molecule has 2 aliphatic carbocycles. The van der Waals surface area contributed by atoms with Crippen LogP contribution in [0.15, 0.2) is 36.4 Å². The molecule has 6 heteroatoms. The number of alkyl halides is 3. The first-order valence-corrected chi connectivity index (χ1v) is 11.5. The molecule has 4 atom stereocenters. The van der Waals surface area contributed by atoms with E-state index in [1.807, 2.05) is 24.3 Å². The highest BCUT2D eigenvalue weighted by Crippen LogP contribution is 2.48. The molecule has 0 bridgehead atoms. The number of ether oxygens (including phenoxy) is 1. The second-order valence-electron chi connectivity index (χ2n) is 9.41. The van der Waals surface area contributed by atoms with Crippen molar-refractivity contribution in [2.75, 3.05) is 6.61 Å². The van der Waals surface area contributed by atoms with Gasteiger partial charge in [0.15, 0.2) is 24.0 Å². The number of hydrogen-bond acceptors (Lipinski definition) is 1. The zero-order valence-electron chi connectivity index (χ0n) is 18.2. The van der Waals surface area contributed by atoms with E-state index in [-0.39, 0.29) is 5.56 Å². The molecule has 4 unspecified atom stereocenters. The van der Waals surface area contributed by atoms with Crippen LogP contribution >= 0.6 is 0 Å². The second kappa shape index (κ2) is 9.40. The molecule has 2 fully saturated rings. The summed E-state index contributed by atoms with van der Waals surface area (Å²) in [4.78, 5) is 0. The molecular weight excluding hydrogens is 423 g/mol. The minimum atomic E-state index is -4.66. The van der Waals surface area contributed by atoms with Gasteiger partial charge in [0.2, 0.25) is 0 Å². The van der Waals surface area contributed by atoms with E-state index in [9.17, 15) is 22.0 Å². The van der Waals surface area contributed by atoms with Crippen molar-refractivity contribution in [1.82, 2.24) is 0 Å². The van der Waals surface area contributed by atoms with Gasteiger partial charge in [-0.2, -0.15) is 13.2 Å². The van der Waals surface area contributed by atoms with E-state index < -0.39 is 30.2 Å². The van der Waals surface area contributed by atoms with Gasteiger partial charge in [-0.15, -0.1) is 0 Å². The van der Waals surface area contributed by atoms with Crippen LogP contribution in [-0.4, -0.2) is 12.8 Å². The van der Waals surface area contributed by atoms with Crippen molar-refractivity contribution in [1.29, 1.82) is 0 Å². The van der Waals surface area contributed by atoms with Crippen molar-refractivity contribution in [2.24, 2.45) is 17.8 Å². The summed E-state index contributed by atoms with van der Waals surface area (Å²) in [5, 5.41) is 0. The lowest BCUT2D eigenvalue weighted by Gasteiger charge is -2.42. The Morgan fingerprint density at radius 1 is 0.844 bits per heavy atom. The van der Waals surface area contributed by atoms with Crippen molar-refractivity contribution < 1.29 is 26.7 Å². The third-order valence-corrected chi connectivity index (χ3v) is 7.39. The molecule has 0 heterocycles. The normalized spacial score (nSPS) is 25.9. The average molecular weight is 453 g/mol. The Morgan fingerprint density at radius 2 is 1.47 bits per heavy atom. The molecule has 4 rings (SSSR count). The summed E-state index contributed by atoms with van der Waals surface area (Å²) in [6.45, 7) is 0.552. The van der Waals surface area contributed by atoms with Gasteiger partial charge in [0.05, 0.1) is 0 Å². The van der Waals surface area contributed by atoms with Crippen molar-refractivity contribution in [3.63, 3.8) is 0 Å². The topological polar surface area (TPSA) is 9.23 Å². The fourth-order valence-corrected chi connectivity index (χ4v) is 5.63. The van der Waals surface area contributed by atoms with Crippen LogP contribution in [0, 0.1) is 29.4 Å². The van der Waals surface area contributed by atoms with Crippen LogP contribution in [0.4, 0.5) is 22.0 Å². The van der Waals surface area contributed by atoms with Gasteiger partial charge in [-0.1, -0.05) is 44.0 Å². The highest BCUT2D eigenvalue weighted by atomic mass is 19.4. The fourth-order valence-electron chi connectivity index (χ4n) is 5.63. The van der Waals surface area contributed by atoms with Crippen LogP contribution in [-0.2, 0) is 0 Å². The van der Waals surface area contributed by atoms with E-state index in [2.05, 4.69) is 11.7 Å². The van der Waals surface area contributed by atoms with Crippen LogP contribution in [0.1, 0.15) is 63.4 Å². The van der Waals surface area contributed by atoms with Crippen LogP contribution < -0.4 is 4.74 Å². The van der Waals surface area contributed by atoms with Gasteiger partial charge in [0.25, 0.3) is 0 Å².